The van der Waals surface area contributed by atoms with Crippen LogP contribution in [0.2, 0.25) is 5.02 Å². The van der Waals surface area contributed by atoms with E-state index in [9.17, 15) is 4.79 Å². The fourth-order valence-corrected chi connectivity index (χ4v) is 5.56. The Balaban J connectivity index is 1.25. The van der Waals surface area contributed by atoms with Gasteiger partial charge in [-0.3, -0.25) is 4.79 Å². The lowest BCUT2D eigenvalue weighted by Gasteiger charge is -2.35. The van der Waals surface area contributed by atoms with Crippen LogP contribution in [0.3, 0.4) is 0 Å². The minimum atomic E-state index is 0.132. The number of hydrogen-bond acceptors (Lipinski definition) is 7. The van der Waals surface area contributed by atoms with E-state index in [1.54, 1.807) is 6.20 Å². The van der Waals surface area contributed by atoms with Crippen molar-refractivity contribution in [1.82, 2.24) is 24.8 Å². The second-order valence-corrected chi connectivity index (χ2v) is 11.5. The van der Waals surface area contributed by atoms with E-state index in [4.69, 9.17) is 21.3 Å². The van der Waals surface area contributed by atoms with Crippen LogP contribution in [0.1, 0.15) is 40.5 Å². The minimum absolute atomic E-state index is 0.132. The van der Waals surface area contributed by atoms with E-state index >= 15 is 0 Å². The molecule has 5 rings (SSSR count). The third-order valence-electron chi connectivity index (χ3n) is 7.71. The van der Waals surface area contributed by atoms with E-state index in [0.717, 1.165) is 60.8 Å². The molecule has 2 aliphatic rings. The average molecular weight is 554 g/mol. The van der Waals surface area contributed by atoms with E-state index in [-0.39, 0.29) is 12.0 Å². The van der Waals surface area contributed by atoms with Crippen LogP contribution in [0.15, 0.2) is 30.5 Å². The van der Waals surface area contributed by atoms with Gasteiger partial charge in [0.1, 0.15) is 11.3 Å². The highest BCUT2D eigenvalue weighted by Crippen LogP contribution is 2.33. The maximum Gasteiger partial charge on any atom is 0.242 e. The highest BCUT2D eigenvalue weighted by atomic mass is 35.5. The van der Waals surface area contributed by atoms with Gasteiger partial charge in [0.2, 0.25) is 5.91 Å². The molecule has 210 valence electrons. The Morgan fingerprint density at radius 3 is 2.51 bits per heavy atom. The summed E-state index contributed by atoms with van der Waals surface area (Å²) in [5.41, 5.74) is 4.30. The minimum Gasteiger partial charge on any atom is -0.379 e. The number of anilines is 2. The smallest absolute Gasteiger partial charge is 0.242 e. The van der Waals surface area contributed by atoms with Crippen LogP contribution in [-0.4, -0.2) is 94.7 Å². The number of aromatic nitrogens is 3. The molecule has 0 spiro atoms. The molecule has 0 atom stereocenters. The first-order chi connectivity index (χ1) is 18.8. The van der Waals surface area contributed by atoms with Gasteiger partial charge in [0.25, 0.3) is 0 Å². The molecule has 9 nitrogen and oxygen atoms in total. The number of likely N-dealkylation sites (tertiary alicyclic amines) is 1. The molecule has 2 aromatic heterocycles. The topological polar surface area (TPSA) is 89.6 Å². The lowest BCUT2D eigenvalue weighted by atomic mass is 10.0. The van der Waals surface area contributed by atoms with Crippen LogP contribution in [0, 0.1) is 0 Å². The number of halogens is 1. The molecule has 0 unspecified atom stereocenters. The highest BCUT2D eigenvalue weighted by molar-refractivity contribution is 6.34. The lowest BCUT2D eigenvalue weighted by molar-refractivity contribution is -0.132. The number of aromatic amines is 1. The van der Waals surface area contributed by atoms with Gasteiger partial charge in [0.15, 0.2) is 5.65 Å². The number of piperazine rings is 1. The zero-order valence-electron chi connectivity index (χ0n) is 23.4. The first kappa shape index (κ1) is 27.7. The maximum atomic E-state index is 12.7. The standard InChI is InChI=1S/C29H40ClN7O2/c1-19(2)35-11-9-22(10-12-35)32-26-24(30)17-31-29-27(26)33-28(34-29)21-5-7-23(8-6-21)37-14-13-36(25(38)18-37)15-16-39-20(3)4/h5-8,17,19-20,22H,9-16,18H2,1-4H3,(H2,31,32,33,34). The summed E-state index contributed by atoms with van der Waals surface area (Å²) in [4.78, 5) is 32.0. The number of amides is 1. The number of carbonyl (C=O) groups is 1. The van der Waals surface area contributed by atoms with Crippen molar-refractivity contribution >= 4 is 40.0 Å². The number of hydrogen-bond donors (Lipinski definition) is 2. The fourth-order valence-electron chi connectivity index (χ4n) is 5.36. The van der Waals surface area contributed by atoms with Crippen molar-refractivity contribution in [3.05, 3.63) is 35.5 Å². The molecular formula is C29H40ClN7O2. The van der Waals surface area contributed by atoms with Crippen LogP contribution in [0.5, 0.6) is 0 Å². The molecular weight excluding hydrogens is 514 g/mol. The molecule has 0 radical (unpaired) electrons. The average Bonchev–Trinajstić information content (AvgIpc) is 3.36. The molecule has 4 heterocycles. The summed E-state index contributed by atoms with van der Waals surface area (Å²) in [6.07, 6.45) is 4.00. The van der Waals surface area contributed by atoms with Crippen LogP contribution < -0.4 is 10.2 Å². The number of fused-ring (bicyclic) bond motifs is 1. The van der Waals surface area contributed by atoms with Gasteiger partial charge >= 0.3 is 0 Å². The summed E-state index contributed by atoms with van der Waals surface area (Å²) >= 11 is 6.59. The quantitative estimate of drug-likeness (QED) is 0.399. The predicted molar refractivity (Wildman–Crippen MR) is 158 cm³/mol. The van der Waals surface area contributed by atoms with Crippen molar-refractivity contribution in [2.45, 2.75) is 58.7 Å². The largest absolute Gasteiger partial charge is 0.379 e. The van der Waals surface area contributed by atoms with Crippen LogP contribution in [0.25, 0.3) is 22.6 Å². The van der Waals surface area contributed by atoms with E-state index in [1.165, 1.54) is 0 Å². The highest BCUT2D eigenvalue weighted by Gasteiger charge is 2.25. The summed E-state index contributed by atoms with van der Waals surface area (Å²) in [6.45, 7) is 13.8. The Morgan fingerprint density at radius 2 is 1.85 bits per heavy atom. The molecule has 10 heteroatoms. The number of nitrogens with one attached hydrogen (secondary N) is 2. The van der Waals surface area contributed by atoms with Gasteiger partial charge in [-0.05, 0) is 64.8 Å². The second-order valence-electron chi connectivity index (χ2n) is 11.1. The first-order valence-electron chi connectivity index (χ1n) is 14.1. The molecule has 2 saturated heterocycles. The number of carbonyl (C=O) groups excluding carboxylic acids is 1. The number of ether oxygens (including phenoxy) is 1. The molecule has 3 aromatic rings. The number of nitrogens with zero attached hydrogens (tertiary/aromatic N) is 5. The molecule has 1 amide bonds. The fraction of sp³-hybridized carbons (Fsp3) is 0.552. The van der Waals surface area contributed by atoms with Gasteiger partial charge in [-0.25, -0.2) is 9.97 Å². The first-order valence-corrected chi connectivity index (χ1v) is 14.5. The summed E-state index contributed by atoms with van der Waals surface area (Å²) in [5, 5.41) is 4.25. The SMILES string of the molecule is CC(C)OCCN1CCN(c2ccc(-c3nc4c(NC5CCN(C(C)C)CC5)c(Cl)cnc4[nH]3)cc2)CC1=O. The van der Waals surface area contributed by atoms with Gasteiger partial charge in [0, 0.05) is 56.1 Å². The van der Waals surface area contributed by atoms with E-state index in [1.807, 2.05) is 30.9 Å². The van der Waals surface area contributed by atoms with E-state index in [0.29, 0.717) is 49.0 Å². The number of H-pyrrole nitrogens is 1. The molecule has 2 N–H and O–H groups in total. The molecule has 2 aliphatic heterocycles. The van der Waals surface area contributed by atoms with Crippen molar-refractivity contribution in [3.8, 4) is 11.4 Å². The summed E-state index contributed by atoms with van der Waals surface area (Å²) in [7, 11) is 0. The zero-order chi connectivity index (χ0) is 27.5. The second kappa shape index (κ2) is 12.1. The Kier molecular flexibility index (Phi) is 8.59. The maximum absolute atomic E-state index is 12.7. The predicted octanol–water partition coefficient (Wildman–Crippen LogP) is 4.64. The monoisotopic (exact) mass is 553 g/mol. The lowest BCUT2D eigenvalue weighted by Crippen LogP contribution is -2.51. The number of piperidine rings is 1. The molecule has 0 aliphatic carbocycles. The zero-order valence-corrected chi connectivity index (χ0v) is 24.2. The van der Waals surface area contributed by atoms with Gasteiger partial charge in [-0.1, -0.05) is 11.6 Å². The van der Waals surface area contributed by atoms with Crippen LogP contribution in [-0.2, 0) is 9.53 Å². The van der Waals surface area contributed by atoms with Crippen molar-refractivity contribution in [3.63, 3.8) is 0 Å². The van der Waals surface area contributed by atoms with E-state index < -0.39 is 0 Å². The number of rotatable bonds is 9. The number of imidazole rings is 1. The van der Waals surface area contributed by atoms with E-state index in [2.05, 4.69) is 51.1 Å². The number of pyridine rings is 1. The Bertz CT molecular complexity index is 1270. The third kappa shape index (κ3) is 6.48. The van der Waals surface area contributed by atoms with Gasteiger partial charge in [0.05, 0.1) is 36.2 Å². The van der Waals surface area contributed by atoms with Gasteiger partial charge in [-0.2, -0.15) is 0 Å². The van der Waals surface area contributed by atoms with Crippen molar-refractivity contribution in [2.24, 2.45) is 0 Å². The van der Waals surface area contributed by atoms with Crippen molar-refractivity contribution in [1.29, 1.82) is 0 Å². The summed E-state index contributed by atoms with van der Waals surface area (Å²) < 4.78 is 5.61. The molecule has 1 aromatic carbocycles. The van der Waals surface area contributed by atoms with Crippen molar-refractivity contribution in [2.75, 3.05) is 56.1 Å². The van der Waals surface area contributed by atoms with Crippen LogP contribution >= 0.6 is 11.6 Å². The van der Waals surface area contributed by atoms with Gasteiger partial charge < -0.3 is 29.7 Å². The summed E-state index contributed by atoms with van der Waals surface area (Å²) in [6, 6.07) is 9.11. The molecule has 0 bridgehead atoms. The third-order valence-corrected chi connectivity index (χ3v) is 8.00. The Hall–Kier alpha value is -2.88. The summed E-state index contributed by atoms with van der Waals surface area (Å²) in [5.74, 6) is 0.878. The Morgan fingerprint density at radius 1 is 1.10 bits per heavy atom. The Labute approximate surface area is 235 Å². The number of benzene rings is 1. The van der Waals surface area contributed by atoms with Gasteiger partial charge in [-0.15, -0.1) is 0 Å². The van der Waals surface area contributed by atoms with Crippen LogP contribution in [0.4, 0.5) is 11.4 Å². The molecule has 0 saturated carbocycles. The molecule has 39 heavy (non-hydrogen) atoms. The normalized spacial score (nSPS) is 17.7. The van der Waals surface area contributed by atoms with Crippen molar-refractivity contribution < 1.29 is 9.53 Å². The molecule has 2 fully saturated rings.